The molecule has 1 heterocycles. The highest BCUT2D eigenvalue weighted by Gasteiger charge is 2.26. The fraction of sp³-hybridized carbons (Fsp3) is 0.286. The lowest BCUT2D eigenvalue weighted by atomic mass is 9.89. The number of nitrogens with one attached hydrogen (secondary N) is 1. The summed E-state index contributed by atoms with van der Waals surface area (Å²) in [5.41, 5.74) is 4.53. The number of methoxy groups -OCH3 is 1. The summed E-state index contributed by atoms with van der Waals surface area (Å²) in [5.74, 6) is 0.929. The number of rotatable bonds is 6. The van der Waals surface area contributed by atoms with Gasteiger partial charge in [-0.2, -0.15) is 0 Å². The molecule has 3 aromatic rings. The van der Waals surface area contributed by atoms with Gasteiger partial charge in [0.05, 0.1) is 7.11 Å². The number of piperidine rings is 1. The minimum Gasteiger partial charge on any atom is -0.496 e. The Balaban J connectivity index is 1.42. The highest BCUT2D eigenvalue weighted by Crippen LogP contribution is 2.28. The van der Waals surface area contributed by atoms with Gasteiger partial charge >= 0.3 is 0 Å². The molecular weight excluding hydrogens is 412 g/mol. The lowest BCUT2D eigenvalue weighted by Crippen LogP contribution is -2.39. The van der Waals surface area contributed by atoms with E-state index in [4.69, 9.17) is 4.74 Å². The lowest BCUT2D eigenvalue weighted by Gasteiger charge is -2.33. The van der Waals surface area contributed by atoms with Gasteiger partial charge in [-0.1, -0.05) is 48.0 Å². The maximum absolute atomic E-state index is 13.0. The second-order valence-electron chi connectivity index (χ2n) is 8.58. The zero-order valence-electron chi connectivity index (χ0n) is 19.2. The summed E-state index contributed by atoms with van der Waals surface area (Å²) in [6, 6.07) is 23.2. The molecule has 2 amide bonds. The largest absolute Gasteiger partial charge is 0.496 e. The van der Waals surface area contributed by atoms with E-state index in [1.165, 1.54) is 0 Å². The van der Waals surface area contributed by atoms with Gasteiger partial charge in [0.1, 0.15) is 5.75 Å². The maximum Gasteiger partial charge on any atom is 0.253 e. The van der Waals surface area contributed by atoms with Crippen LogP contribution in [-0.4, -0.2) is 36.9 Å². The van der Waals surface area contributed by atoms with Gasteiger partial charge in [0.2, 0.25) is 0 Å². The number of hydrogen-bond donors (Lipinski definition) is 1. The highest BCUT2D eigenvalue weighted by molar-refractivity contribution is 5.95. The standard InChI is InChI=1S/C28H30N2O3/c1-20-12-14-21(15-13-20)28(32)30-16-6-10-25(19-30)22-8-5-9-23(17-22)27(31)29-18-24-7-3-4-11-26(24)33-2/h3-5,7-9,11-15,17,25H,6,10,16,18-19H2,1-2H3,(H,29,31)/t25-/m1/s1. The van der Waals surface area contributed by atoms with Crippen molar-refractivity contribution in [3.8, 4) is 5.75 Å². The Morgan fingerprint density at radius 2 is 1.79 bits per heavy atom. The molecule has 1 N–H and O–H groups in total. The fourth-order valence-electron chi connectivity index (χ4n) is 4.37. The zero-order valence-corrected chi connectivity index (χ0v) is 19.2. The number of para-hydroxylation sites is 1. The van der Waals surface area contributed by atoms with Crippen LogP contribution in [0.5, 0.6) is 5.75 Å². The van der Waals surface area contributed by atoms with E-state index in [0.717, 1.165) is 47.4 Å². The number of aryl methyl sites for hydroxylation is 1. The first-order valence-corrected chi connectivity index (χ1v) is 11.4. The van der Waals surface area contributed by atoms with Gasteiger partial charge in [0.25, 0.3) is 11.8 Å². The molecule has 1 aliphatic rings. The van der Waals surface area contributed by atoms with Gasteiger partial charge in [-0.3, -0.25) is 9.59 Å². The molecule has 1 aliphatic heterocycles. The number of likely N-dealkylation sites (tertiary alicyclic amines) is 1. The molecule has 0 spiro atoms. The second kappa shape index (κ2) is 10.3. The fourth-order valence-corrected chi connectivity index (χ4v) is 4.37. The number of nitrogens with zero attached hydrogens (tertiary/aromatic N) is 1. The Bertz CT molecular complexity index is 1120. The molecule has 1 atom stereocenters. The van der Waals surface area contributed by atoms with E-state index in [9.17, 15) is 9.59 Å². The quantitative estimate of drug-likeness (QED) is 0.587. The Kier molecular flexibility index (Phi) is 7.08. The first-order chi connectivity index (χ1) is 16.0. The van der Waals surface area contributed by atoms with Crippen LogP contribution in [0.1, 0.15) is 56.2 Å². The normalized spacial score (nSPS) is 15.7. The zero-order chi connectivity index (χ0) is 23.2. The van der Waals surface area contributed by atoms with Gasteiger partial charge in [-0.05, 0) is 55.7 Å². The predicted octanol–water partition coefficient (Wildman–Crippen LogP) is 4.95. The molecule has 1 fully saturated rings. The molecule has 3 aromatic carbocycles. The minimum atomic E-state index is -0.119. The third kappa shape index (κ3) is 5.43. The molecule has 0 unspecified atom stereocenters. The number of carbonyl (C=O) groups is 2. The molecule has 1 saturated heterocycles. The average molecular weight is 443 g/mol. The van der Waals surface area contributed by atoms with Crippen molar-refractivity contribution in [2.45, 2.75) is 32.2 Å². The SMILES string of the molecule is COc1ccccc1CNC(=O)c1cccc([C@@H]2CCCN(C(=O)c3ccc(C)cc3)C2)c1. The summed E-state index contributed by atoms with van der Waals surface area (Å²) in [7, 11) is 1.63. The van der Waals surface area contributed by atoms with Crippen molar-refractivity contribution >= 4 is 11.8 Å². The minimum absolute atomic E-state index is 0.0745. The number of carbonyl (C=O) groups excluding carboxylic acids is 2. The van der Waals surface area contributed by atoms with Crippen LogP contribution in [0.2, 0.25) is 0 Å². The van der Waals surface area contributed by atoms with Gasteiger partial charge in [0, 0.05) is 42.2 Å². The summed E-state index contributed by atoms with van der Waals surface area (Å²) in [6.45, 7) is 3.85. The van der Waals surface area contributed by atoms with Crippen LogP contribution in [0.4, 0.5) is 0 Å². The Labute approximate surface area is 195 Å². The summed E-state index contributed by atoms with van der Waals surface area (Å²) < 4.78 is 5.37. The summed E-state index contributed by atoms with van der Waals surface area (Å²) in [5, 5.41) is 2.99. The van der Waals surface area contributed by atoms with Crippen molar-refractivity contribution in [2.75, 3.05) is 20.2 Å². The van der Waals surface area contributed by atoms with Crippen molar-refractivity contribution in [1.29, 1.82) is 0 Å². The Morgan fingerprint density at radius 3 is 2.58 bits per heavy atom. The van der Waals surface area contributed by atoms with E-state index in [-0.39, 0.29) is 17.7 Å². The summed E-state index contributed by atoms with van der Waals surface area (Å²) in [6.07, 6.45) is 1.95. The molecule has 5 nitrogen and oxygen atoms in total. The molecule has 0 bridgehead atoms. The topological polar surface area (TPSA) is 58.6 Å². The van der Waals surface area contributed by atoms with E-state index >= 15 is 0 Å². The Hall–Kier alpha value is -3.60. The molecule has 0 aliphatic carbocycles. The maximum atomic E-state index is 13.0. The van der Waals surface area contributed by atoms with Gasteiger partial charge in [-0.25, -0.2) is 0 Å². The van der Waals surface area contributed by atoms with Crippen LogP contribution in [0.25, 0.3) is 0 Å². The molecular formula is C28H30N2O3. The van der Waals surface area contributed by atoms with E-state index in [0.29, 0.717) is 18.7 Å². The van der Waals surface area contributed by atoms with Crippen LogP contribution in [0, 0.1) is 6.92 Å². The monoisotopic (exact) mass is 442 g/mol. The van der Waals surface area contributed by atoms with E-state index < -0.39 is 0 Å². The van der Waals surface area contributed by atoms with Gasteiger partial charge in [0.15, 0.2) is 0 Å². The van der Waals surface area contributed by atoms with E-state index in [2.05, 4.69) is 11.4 Å². The van der Waals surface area contributed by atoms with Crippen LogP contribution in [0.3, 0.4) is 0 Å². The van der Waals surface area contributed by atoms with Crippen molar-refractivity contribution < 1.29 is 14.3 Å². The molecule has 170 valence electrons. The summed E-state index contributed by atoms with van der Waals surface area (Å²) >= 11 is 0. The summed E-state index contributed by atoms with van der Waals surface area (Å²) in [4.78, 5) is 27.7. The second-order valence-corrected chi connectivity index (χ2v) is 8.58. The third-order valence-electron chi connectivity index (χ3n) is 6.26. The smallest absolute Gasteiger partial charge is 0.253 e. The number of benzene rings is 3. The van der Waals surface area contributed by atoms with Crippen LogP contribution < -0.4 is 10.1 Å². The average Bonchev–Trinajstić information content (AvgIpc) is 2.87. The molecule has 4 rings (SSSR count). The number of ether oxygens (including phenoxy) is 1. The first-order valence-electron chi connectivity index (χ1n) is 11.4. The Morgan fingerprint density at radius 1 is 1.00 bits per heavy atom. The molecule has 33 heavy (non-hydrogen) atoms. The number of hydrogen-bond acceptors (Lipinski definition) is 3. The van der Waals surface area contributed by atoms with Crippen molar-refractivity contribution in [2.24, 2.45) is 0 Å². The van der Waals surface area contributed by atoms with E-state index in [1.807, 2.05) is 78.6 Å². The van der Waals surface area contributed by atoms with E-state index in [1.54, 1.807) is 7.11 Å². The van der Waals surface area contributed by atoms with Crippen molar-refractivity contribution in [3.05, 3.63) is 101 Å². The highest BCUT2D eigenvalue weighted by atomic mass is 16.5. The molecule has 0 aromatic heterocycles. The number of amides is 2. The van der Waals surface area contributed by atoms with Crippen LogP contribution >= 0.6 is 0 Å². The molecule has 5 heteroatoms. The van der Waals surface area contributed by atoms with Crippen molar-refractivity contribution in [1.82, 2.24) is 10.2 Å². The molecule has 0 saturated carbocycles. The van der Waals surface area contributed by atoms with Gasteiger partial charge < -0.3 is 15.0 Å². The van der Waals surface area contributed by atoms with Crippen molar-refractivity contribution in [3.63, 3.8) is 0 Å². The molecule has 0 radical (unpaired) electrons. The first kappa shape index (κ1) is 22.6. The predicted molar refractivity (Wildman–Crippen MR) is 130 cm³/mol. The lowest BCUT2D eigenvalue weighted by molar-refractivity contribution is 0.0706. The van der Waals surface area contributed by atoms with Crippen LogP contribution in [-0.2, 0) is 6.54 Å². The van der Waals surface area contributed by atoms with Gasteiger partial charge in [-0.15, -0.1) is 0 Å². The third-order valence-corrected chi connectivity index (χ3v) is 6.26. The van der Waals surface area contributed by atoms with Crippen LogP contribution in [0.15, 0.2) is 72.8 Å².